The molecule has 0 atom stereocenters. The molecule has 1 aromatic heterocycles. The van der Waals surface area contributed by atoms with Gasteiger partial charge in [0.15, 0.2) is 0 Å². The standard InChI is InChI=1S/C16H14NS/c1-18-15-8-6-13(7-9-15)12-17-11-10-14-4-2-3-5-16(14)17/h2-9,11H,12H2,1H3. The van der Waals surface area contributed by atoms with E-state index in [9.17, 15) is 0 Å². The predicted octanol–water partition coefficient (Wildman–Crippen LogP) is 4.21. The molecule has 18 heavy (non-hydrogen) atoms. The van der Waals surface area contributed by atoms with E-state index in [1.807, 2.05) is 6.20 Å². The highest BCUT2D eigenvalue weighted by Gasteiger charge is 2.01. The van der Waals surface area contributed by atoms with Crippen LogP contribution in [0.1, 0.15) is 5.56 Å². The number of benzene rings is 2. The van der Waals surface area contributed by atoms with Gasteiger partial charge < -0.3 is 4.57 Å². The Hall–Kier alpha value is -1.67. The molecular weight excluding hydrogens is 238 g/mol. The van der Waals surface area contributed by atoms with Gasteiger partial charge in [-0.3, -0.25) is 0 Å². The molecule has 0 N–H and O–H groups in total. The van der Waals surface area contributed by atoms with Gasteiger partial charge in [0, 0.05) is 34.6 Å². The Morgan fingerprint density at radius 1 is 1.06 bits per heavy atom. The highest BCUT2D eigenvalue weighted by atomic mass is 32.2. The van der Waals surface area contributed by atoms with E-state index < -0.39 is 0 Å². The van der Waals surface area contributed by atoms with Crippen molar-refractivity contribution in [2.75, 3.05) is 6.26 Å². The average molecular weight is 252 g/mol. The van der Waals surface area contributed by atoms with E-state index in [4.69, 9.17) is 0 Å². The highest BCUT2D eigenvalue weighted by molar-refractivity contribution is 7.98. The lowest BCUT2D eigenvalue weighted by atomic mass is 10.2. The summed E-state index contributed by atoms with van der Waals surface area (Å²) in [6.07, 6.45) is 4.14. The van der Waals surface area contributed by atoms with Crippen molar-refractivity contribution in [3.05, 3.63) is 66.4 Å². The third-order valence-electron chi connectivity index (χ3n) is 3.10. The van der Waals surface area contributed by atoms with E-state index in [0.717, 1.165) is 6.54 Å². The van der Waals surface area contributed by atoms with Crippen LogP contribution in [0.5, 0.6) is 0 Å². The normalized spacial score (nSPS) is 10.9. The first kappa shape index (κ1) is 11.4. The SMILES string of the molecule is CSc1ccc(Cn2c[c]c3ccccc32)cc1. The van der Waals surface area contributed by atoms with Gasteiger partial charge >= 0.3 is 0 Å². The van der Waals surface area contributed by atoms with Gasteiger partial charge in [-0.25, -0.2) is 0 Å². The van der Waals surface area contributed by atoms with Crippen LogP contribution < -0.4 is 0 Å². The third kappa shape index (κ3) is 2.16. The zero-order valence-corrected chi connectivity index (χ0v) is 11.1. The number of hydrogen-bond donors (Lipinski definition) is 0. The molecule has 89 valence electrons. The van der Waals surface area contributed by atoms with Crippen LogP contribution in [0.3, 0.4) is 0 Å². The molecule has 0 aliphatic rings. The molecule has 3 aromatic rings. The maximum absolute atomic E-state index is 3.29. The second kappa shape index (κ2) is 4.91. The molecule has 0 saturated heterocycles. The Morgan fingerprint density at radius 2 is 1.83 bits per heavy atom. The lowest BCUT2D eigenvalue weighted by Gasteiger charge is -2.06. The van der Waals surface area contributed by atoms with Gasteiger partial charge in [-0.1, -0.05) is 30.3 Å². The summed E-state index contributed by atoms with van der Waals surface area (Å²) in [6, 6.07) is 20.4. The van der Waals surface area contributed by atoms with Crippen molar-refractivity contribution in [3.8, 4) is 0 Å². The molecule has 2 aromatic carbocycles. The minimum atomic E-state index is 0.901. The smallest absolute Gasteiger partial charge is 0.0489 e. The number of nitrogens with zero attached hydrogens (tertiary/aromatic N) is 1. The summed E-state index contributed by atoms with van der Waals surface area (Å²) in [7, 11) is 0. The van der Waals surface area contributed by atoms with Crippen LogP contribution in [0.2, 0.25) is 0 Å². The van der Waals surface area contributed by atoms with Crippen LogP contribution in [-0.2, 0) is 6.54 Å². The van der Waals surface area contributed by atoms with Crippen LogP contribution in [0.25, 0.3) is 10.9 Å². The Kier molecular flexibility index (Phi) is 3.11. The molecule has 1 radical (unpaired) electrons. The van der Waals surface area contributed by atoms with Crippen LogP contribution >= 0.6 is 11.8 Å². The van der Waals surface area contributed by atoms with Crippen molar-refractivity contribution in [2.45, 2.75) is 11.4 Å². The summed E-state index contributed by atoms with van der Waals surface area (Å²) in [6.45, 7) is 0.901. The topological polar surface area (TPSA) is 4.93 Å². The van der Waals surface area contributed by atoms with Crippen molar-refractivity contribution < 1.29 is 0 Å². The highest BCUT2D eigenvalue weighted by Crippen LogP contribution is 2.18. The number of para-hydroxylation sites is 1. The fourth-order valence-corrected chi connectivity index (χ4v) is 2.53. The Labute approximate surface area is 111 Å². The van der Waals surface area contributed by atoms with Crippen molar-refractivity contribution in [3.63, 3.8) is 0 Å². The molecule has 0 aliphatic heterocycles. The van der Waals surface area contributed by atoms with Gasteiger partial charge in [0.25, 0.3) is 0 Å². The predicted molar refractivity (Wildman–Crippen MR) is 78.1 cm³/mol. The molecule has 0 bridgehead atoms. The van der Waals surface area contributed by atoms with E-state index >= 15 is 0 Å². The molecule has 0 spiro atoms. The first-order valence-electron chi connectivity index (χ1n) is 5.95. The summed E-state index contributed by atoms with van der Waals surface area (Å²) >= 11 is 1.78. The molecule has 2 heteroatoms. The third-order valence-corrected chi connectivity index (χ3v) is 3.84. The Bertz CT molecular complexity index is 652. The van der Waals surface area contributed by atoms with E-state index in [1.54, 1.807) is 11.8 Å². The number of aromatic nitrogens is 1. The second-order valence-corrected chi connectivity index (χ2v) is 5.15. The molecule has 0 amide bonds. The van der Waals surface area contributed by atoms with E-state index in [2.05, 4.69) is 65.4 Å². The quantitative estimate of drug-likeness (QED) is 0.632. The zero-order valence-electron chi connectivity index (χ0n) is 10.3. The van der Waals surface area contributed by atoms with Gasteiger partial charge in [-0.2, -0.15) is 0 Å². The first-order chi connectivity index (χ1) is 8.86. The number of hydrogen-bond acceptors (Lipinski definition) is 1. The fourth-order valence-electron chi connectivity index (χ4n) is 2.12. The number of fused-ring (bicyclic) bond motifs is 1. The summed E-state index contributed by atoms with van der Waals surface area (Å²) in [5.41, 5.74) is 2.56. The van der Waals surface area contributed by atoms with Gasteiger partial charge in [0.1, 0.15) is 0 Å². The maximum atomic E-state index is 3.29. The molecule has 0 aliphatic carbocycles. The maximum Gasteiger partial charge on any atom is 0.0489 e. The Morgan fingerprint density at radius 3 is 2.61 bits per heavy atom. The van der Waals surface area contributed by atoms with Gasteiger partial charge in [-0.05, 0) is 30.0 Å². The minimum Gasteiger partial charge on any atom is -0.342 e. The van der Waals surface area contributed by atoms with Gasteiger partial charge in [-0.15, -0.1) is 11.8 Å². The van der Waals surface area contributed by atoms with E-state index in [1.165, 1.54) is 21.4 Å². The molecular formula is C16H14NS. The van der Waals surface area contributed by atoms with Gasteiger partial charge in [0.05, 0.1) is 0 Å². The summed E-state index contributed by atoms with van der Waals surface area (Å²) in [5, 5.41) is 1.18. The molecule has 3 rings (SSSR count). The van der Waals surface area contributed by atoms with Crippen molar-refractivity contribution in [2.24, 2.45) is 0 Å². The zero-order chi connectivity index (χ0) is 12.4. The first-order valence-corrected chi connectivity index (χ1v) is 7.18. The summed E-state index contributed by atoms with van der Waals surface area (Å²) in [4.78, 5) is 1.31. The van der Waals surface area contributed by atoms with E-state index in [0.29, 0.717) is 0 Å². The molecule has 1 nitrogen and oxygen atoms in total. The molecule has 1 heterocycles. The lowest BCUT2D eigenvalue weighted by molar-refractivity contribution is 0.835. The average Bonchev–Trinajstić information content (AvgIpc) is 2.83. The van der Waals surface area contributed by atoms with Crippen molar-refractivity contribution in [1.82, 2.24) is 4.57 Å². The Balaban J connectivity index is 1.91. The number of rotatable bonds is 3. The fraction of sp³-hybridized carbons (Fsp3) is 0.125. The van der Waals surface area contributed by atoms with Crippen molar-refractivity contribution >= 4 is 22.7 Å². The van der Waals surface area contributed by atoms with E-state index in [-0.39, 0.29) is 0 Å². The summed E-state index contributed by atoms with van der Waals surface area (Å²) < 4.78 is 2.24. The molecule has 0 saturated carbocycles. The molecule has 0 fully saturated rings. The van der Waals surface area contributed by atoms with Crippen LogP contribution in [0.15, 0.2) is 59.6 Å². The number of thioether (sulfide) groups is 1. The van der Waals surface area contributed by atoms with Gasteiger partial charge in [0.2, 0.25) is 0 Å². The molecule has 0 unspecified atom stereocenters. The van der Waals surface area contributed by atoms with Crippen LogP contribution in [0.4, 0.5) is 0 Å². The van der Waals surface area contributed by atoms with Crippen LogP contribution in [-0.4, -0.2) is 10.8 Å². The van der Waals surface area contributed by atoms with Crippen LogP contribution in [0, 0.1) is 6.07 Å². The van der Waals surface area contributed by atoms with Crippen molar-refractivity contribution in [1.29, 1.82) is 0 Å². The lowest BCUT2D eigenvalue weighted by Crippen LogP contribution is -1.97. The summed E-state index contributed by atoms with van der Waals surface area (Å²) in [5.74, 6) is 0. The second-order valence-electron chi connectivity index (χ2n) is 4.27. The largest absolute Gasteiger partial charge is 0.342 e. The minimum absolute atomic E-state index is 0.901. The monoisotopic (exact) mass is 252 g/mol.